The highest BCUT2D eigenvalue weighted by Crippen LogP contribution is 2.20. The van der Waals surface area contributed by atoms with Crippen LogP contribution >= 0.6 is 0 Å². The molecule has 4 heteroatoms. The van der Waals surface area contributed by atoms with Crippen LogP contribution < -0.4 is 10.6 Å². The molecule has 1 aliphatic heterocycles. The molecule has 2 heterocycles. The molecule has 1 aromatic rings. The van der Waals surface area contributed by atoms with E-state index >= 15 is 0 Å². The highest BCUT2D eigenvalue weighted by Gasteiger charge is 2.20. The molecule has 1 unspecified atom stereocenters. The lowest BCUT2D eigenvalue weighted by Gasteiger charge is -2.33. The zero-order valence-corrected chi connectivity index (χ0v) is 7.07. The largest absolute Gasteiger partial charge is 0.396 e. The van der Waals surface area contributed by atoms with Crippen LogP contribution in [0.3, 0.4) is 0 Å². The lowest BCUT2D eigenvalue weighted by Crippen LogP contribution is -2.38. The fraction of sp³-hybridized carbons (Fsp3) is 0.600. The summed E-state index contributed by atoms with van der Waals surface area (Å²) in [5, 5.41) is 0. The van der Waals surface area contributed by atoms with Crippen molar-refractivity contribution < 1.29 is 16.4 Å². The first-order valence-electron chi connectivity index (χ1n) is 9.75. The summed E-state index contributed by atoms with van der Waals surface area (Å²) >= 11 is 0. The summed E-state index contributed by atoms with van der Waals surface area (Å²) in [6, 6.07) is -3.59. The summed E-state index contributed by atoms with van der Waals surface area (Å²) in [4.78, 5) is 7.16. The van der Waals surface area contributed by atoms with E-state index in [1.165, 1.54) is 0 Å². The number of nitrogens with zero attached hydrogens (tertiary/aromatic N) is 3. The molecule has 1 saturated heterocycles. The fourth-order valence-electron chi connectivity index (χ4n) is 0.883. The molecule has 4 nitrogen and oxygen atoms in total. The summed E-state index contributed by atoms with van der Waals surface area (Å²) in [5.74, 6) is -0.807. The van der Waals surface area contributed by atoms with Gasteiger partial charge in [-0.25, -0.2) is 9.97 Å². The van der Waals surface area contributed by atoms with Crippen LogP contribution in [0.1, 0.15) is 42.4 Å². The van der Waals surface area contributed by atoms with Crippen molar-refractivity contribution in [2.75, 3.05) is 17.1 Å². The van der Waals surface area contributed by atoms with E-state index in [1.807, 2.05) is 0 Å². The third-order valence-corrected chi connectivity index (χ3v) is 1.49. The molecule has 0 saturated carbocycles. The maximum Gasteiger partial charge on any atom is 0.225 e. The highest BCUT2D eigenvalue weighted by atomic mass is 15.3. The molecule has 1 aromatic heterocycles. The molecule has 0 aliphatic carbocycles. The normalized spacial score (nSPS) is 55.6. The Morgan fingerprint density at radius 1 is 1.64 bits per heavy atom. The number of rotatable bonds is 1. The Morgan fingerprint density at radius 2 is 2.43 bits per heavy atom. The molecular formula is C10H16N4. The van der Waals surface area contributed by atoms with Crippen LogP contribution in [0.15, 0.2) is 12.4 Å². The lowest BCUT2D eigenvalue weighted by atomic mass is 10.0. The summed E-state index contributed by atoms with van der Waals surface area (Å²) in [6.45, 7) is -7.09. The van der Waals surface area contributed by atoms with E-state index in [1.54, 1.807) is 0 Å². The third kappa shape index (κ3) is 1.78. The Bertz CT molecular complexity index is 699. The molecular weight excluding hydrogens is 176 g/mol. The Labute approximate surface area is 101 Å². The van der Waals surface area contributed by atoms with Gasteiger partial charge in [-0.2, -0.15) is 0 Å². The minimum absolute atomic E-state index is 0.0112. The van der Waals surface area contributed by atoms with Gasteiger partial charge in [0, 0.05) is 27.6 Å². The van der Waals surface area contributed by atoms with Crippen LogP contribution in [-0.4, -0.2) is 22.5 Å². The minimum atomic E-state index is -3.69. The number of hydrogen-bond acceptors (Lipinski definition) is 4. The van der Waals surface area contributed by atoms with Crippen molar-refractivity contribution in [3.63, 3.8) is 0 Å². The summed E-state index contributed by atoms with van der Waals surface area (Å²) < 4.78 is 94.8. The van der Waals surface area contributed by atoms with Gasteiger partial charge < -0.3 is 10.6 Å². The van der Waals surface area contributed by atoms with Crippen molar-refractivity contribution >= 4 is 11.6 Å². The first-order valence-corrected chi connectivity index (χ1v) is 3.75. The predicted octanol–water partition coefficient (Wildman–Crippen LogP) is 1.44. The molecule has 0 bridgehead atoms. The number of hydrogen-bond donors (Lipinski definition) is 1. The number of aromatic nitrogens is 2. The minimum Gasteiger partial charge on any atom is -0.396 e. The van der Waals surface area contributed by atoms with Crippen molar-refractivity contribution in [1.29, 1.82) is 0 Å². The van der Waals surface area contributed by atoms with Gasteiger partial charge in [0.2, 0.25) is 5.95 Å². The van der Waals surface area contributed by atoms with Gasteiger partial charge >= 0.3 is 0 Å². The van der Waals surface area contributed by atoms with E-state index in [0.29, 0.717) is 0 Å². The quantitative estimate of drug-likeness (QED) is 0.752. The molecule has 2 rings (SSSR count). The van der Waals surface area contributed by atoms with Crippen LogP contribution in [0.2, 0.25) is 0 Å². The van der Waals surface area contributed by atoms with Crippen molar-refractivity contribution in [3.05, 3.63) is 12.4 Å². The number of nitrogen functional groups attached to an aromatic ring is 1. The fourth-order valence-corrected chi connectivity index (χ4v) is 0.883. The summed E-state index contributed by atoms with van der Waals surface area (Å²) in [5.41, 5.74) is 5.43. The first kappa shape index (κ1) is 2.62. The van der Waals surface area contributed by atoms with Gasteiger partial charge in [-0.05, 0) is 26.0 Å². The monoisotopic (exact) mass is 204 g/mol. The van der Waals surface area contributed by atoms with E-state index in [4.69, 9.17) is 22.2 Å². The molecule has 0 amide bonds. The second-order valence-corrected chi connectivity index (χ2v) is 2.49. The van der Waals surface area contributed by atoms with Gasteiger partial charge in [-0.15, -0.1) is 0 Å². The highest BCUT2D eigenvalue weighted by molar-refractivity contribution is 5.38. The van der Waals surface area contributed by atoms with Crippen LogP contribution in [0.4, 0.5) is 11.6 Å². The van der Waals surface area contributed by atoms with Gasteiger partial charge in [0.05, 0.1) is 19.5 Å². The van der Waals surface area contributed by atoms with Gasteiger partial charge in [0.1, 0.15) is 0 Å². The molecule has 1 aliphatic rings. The second-order valence-electron chi connectivity index (χ2n) is 2.49. The lowest BCUT2D eigenvalue weighted by molar-refractivity contribution is 0.477. The first-order chi connectivity index (χ1) is 11.4. The average molecular weight is 204 g/mol. The van der Waals surface area contributed by atoms with E-state index in [2.05, 4.69) is 9.97 Å². The molecule has 76 valence electrons. The Kier molecular flexibility index (Phi) is 0.715. The zero-order chi connectivity index (χ0) is 20.6. The Balaban J connectivity index is 2.94. The standard InChI is InChI=1S/C10H16N4/c1-8-4-2-3-5-14(8)10-12-6-9(11)7-13-10/h6-8H,2-5,11H2,1H3/i1D3,2D2,3D2,4D2,5D2,8D. The van der Waals surface area contributed by atoms with E-state index in [-0.39, 0.29) is 10.6 Å². The van der Waals surface area contributed by atoms with Crippen LogP contribution in [0, 0.1) is 0 Å². The molecule has 0 aromatic carbocycles. The van der Waals surface area contributed by atoms with Crippen LogP contribution in [0.5, 0.6) is 0 Å². The van der Waals surface area contributed by atoms with Gasteiger partial charge in [-0.1, -0.05) is 0 Å². The SMILES string of the molecule is [2H]C([2H])([2H])C1([2H])N(c2ncc(N)cn2)C([2H])([2H])C([2H])([2H])C([2H])([2H])C1([2H])[2H]. The topological polar surface area (TPSA) is 55.0 Å². The molecule has 14 heavy (non-hydrogen) atoms. The number of piperidine rings is 1. The van der Waals surface area contributed by atoms with E-state index < -0.39 is 44.4 Å². The van der Waals surface area contributed by atoms with Crippen molar-refractivity contribution in [3.8, 4) is 0 Å². The predicted molar refractivity (Wildman–Crippen MR) is 57.1 cm³/mol. The molecule has 1 fully saturated rings. The van der Waals surface area contributed by atoms with Crippen LogP contribution in [0.25, 0.3) is 0 Å². The molecule has 2 N–H and O–H groups in total. The van der Waals surface area contributed by atoms with Gasteiger partial charge in [0.25, 0.3) is 0 Å². The van der Waals surface area contributed by atoms with Crippen LogP contribution in [-0.2, 0) is 0 Å². The van der Waals surface area contributed by atoms with E-state index in [9.17, 15) is 0 Å². The van der Waals surface area contributed by atoms with Crippen molar-refractivity contribution in [1.82, 2.24) is 9.97 Å². The summed E-state index contributed by atoms with van der Waals surface area (Å²) in [7, 11) is 0. The average Bonchev–Trinajstić information content (AvgIpc) is 2.46. The van der Waals surface area contributed by atoms with Gasteiger partial charge in [0.15, 0.2) is 0 Å². The van der Waals surface area contributed by atoms with Crippen molar-refractivity contribution in [2.24, 2.45) is 0 Å². The summed E-state index contributed by atoms with van der Waals surface area (Å²) in [6.07, 6.45) is -9.03. The van der Waals surface area contributed by atoms with Crippen molar-refractivity contribution in [2.45, 2.75) is 32.0 Å². The Hall–Kier alpha value is -1.32. The second kappa shape index (κ2) is 3.82. The smallest absolute Gasteiger partial charge is 0.225 e. The Morgan fingerprint density at radius 3 is 3.14 bits per heavy atom. The van der Waals surface area contributed by atoms with Gasteiger partial charge in [-0.3, -0.25) is 0 Å². The number of anilines is 2. The maximum atomic E-state index is 8.34. The molecule has 0 spiro atoms. The zero-order valence-electron chi connectivity index (χ0n) is 19.1. The molecule has 0 radical (unpaired) electrons. The molecule has 1 atom stereocenters. The maximum absolute atomic E-state index is 8.34. The number of nitrogens with two attached hydrogens (primary N) is 1. The van der Waals surface area contributed by atoms with E-state index in [0.717, 1.165) is 12.4 Å². The third-order valence-electron chi connectivity index (χ3n) is 1.49.